The van der Waals surface area contributed by atoms with Gasteiger partial charge in [0.15, 0.2) is 11.5 Å². The Morgan fingerprint density at radius 2 is 1.90 bits per heavy atom. The number of carbonyl (C=O) groups excluding carboxylic acids is 3. The van der Waals surface area contributed by atoms with Gasteiger partial charge < -0.3 is 19.1 Å². The molecule has 0 saturated carbocycles. The summed E-state index contributed by atoms with van der Waals surface area (Å²) in [6.07, 6.45) is 2.40. The molecule has 0 bridgehead atoms. The van der Waals surface area contributed by atoms with Crippen molar-refractivity contribution in [2.24, 2.45) is 0 Å². The van der Waals surface area contributed by atoms with Crippen molar-refractivity contribution in [1.82, 2.24) is 9.80 Å². The number of thioether (sulfide) groups is 1. The molecule has 0 aliphatic carbocycles. The van der Waals surface area contributed by atoms with Gasteiger partial charge in [-0.3, -0.25) is 19.3 Å². The topological polar surface area (TPSA) is 85.4 Å². The highest BCUT2D eigenvalue weighted by Crippen LogP contribution is 2.34. The third kappa shape index (κ3) is 5.10. The molecule has 156 valence electrons. The smallest absolute Gasteiger partial charge is 0.293 e. The molecule has 0 N–H and O–H groups in total. The molecule has 1 aromatic carbocycles. The number of rotatable bonds is 7. The second-order valence-electron chi connectivity index (χ2n) is 6.54. The van der Waals surface area contributed by atoms with Crippen molar-refractivity contribution in [2.45, 2.75) is 12.8 Å². The van der Waals surface area contributed by atoms with E-state index < -0.39 is 0 Å². The first-order valence-corrected chi connectivity index (χ1v) is 10.2. The largest absolute Gasteiger partial charge is 0.493 e. The van der Waals surface area contributed by atoms with Crippen LogP contribution in [0.1, 0.15) is 18.4 Å². The van der Waals surface area contributed by atoms with Gasteiger partial charge in [0.2, 0.25) is 5.91 Å². The summed E-state index contributed by atoms with van der Waals surface area (Å²) in [6, 6.07) is 5.27. The number of benzene rings is 1. The lowest BCUT2D eigenvalue weighted by atomic mass is 10.2. The highest BCUT2D eigenvalue weighted by molar-refractivity contribution is 8.18. The fraction of sp³-hybridized carbons (Fsp3) is 0.450. The molecule has 1 aromatic rings. The van der Waals surface area contributed by atoms with Crippen molar-refractivity contribution >= 4 is 34.9 Å². The SMILES string of the molecule is COc1ccc(/C=C2/SC(=O)N(CCCC(=O)N3CCOCC3)C2=O)cc1OC. The summed E-state index contributed by atoms with van der Waals surface area (Å²) >= 11 is 0.902. The maximum absolute atomic E-state index is 12.6. The predicted molar refractivity (Wildman–Crippen MR) is 109 cm³/mol. The molecule has 2 aliphatic heterocycles. The van der Waals surface area contributed by atoms with Crippen LogP contribution in [0.2, 0.25) is 0 Å². The monoisotopic (exact) mass is 420 g/mol. The summed E-state index contributed by atoms with van der Waals surface area (Å²) in [5.74, 6) is 0.819. The van der Waals surface area contributed by atoms with Gasteiger partial charge in [-0.25, -0.2) is 0 Å². The van der Waals surface area contributed by atoms with Crippen molar-refractivity contribution in [1.29, 1.82) is 0 Å². The molecule has 3 amide bonds. The van der Waals surface area contributed by atoms with Gasteiger partial charge >= 0.3 is 0 Å². The Morgan fingerprint density at radius 1 is 1.17 bits per heavy atom. The number of morpholine rings is 1. The van der Waals surface area contributed by atoms with E-state index in [-0.39, 0.29) is 23.6 Å². The molecule has 2 saturated heterocycles. The average Bonchev–Trinajstić information content (AvgIpc) is 3.01. The summed E-state index contributed by atoms with van der Waals surface area (Å²) < 4.78 is 15.7. The zero-order valence-corrected chi connectivity index (χ0v) is 17.3. The number of ether oxygens (including phenoxy) is 3. The summed E-state index contributed by atoms with van der Waals surface area (Å²) in [5, 5.41) is -0.319. The lowest BCUT2D eigenvalue weighted by Gasteiger charge is -2.27. The Hall–Kier alpha value is -2.52. The summed E-state index contributed by atoms with van der Waals surface area (Å²) in [7, 11) is 3.08. The van der Waals surface area contributed by atoms with Gasteiger partial charge in [-0.1, -0.05) is 6.07 Å². The van der Waals surface area contributed by atoms with Gasteiger partial charge in [0.05, 0.1) is 32.3 Å². The maximum atomic E-state index is 12.6. The van der Waals surface area contributed by atoms with E-state index in [1.54, 1.807) is 36.3 Å². The van der Waals surface area contributed by atoms with Gasteiger partial charge in [-0.05, 0) is 42.0 Å². The van der Waals surface area contributed by atoms with E-state index in [0.29, 0.717) is 55.5 Å². The highest BCUT2D eigenvalue weighted by Gasteiger charge is 2.34. The minimum atomic E-state index is -0.339. The highest BCUT2D eigenvalue weighted by atomic mass is 32.2. The number of nitrogens with zero attached hydrogens (tertiary/aromatic N) is 2. The van der Waals surface area contributed by atoms with Crippen LogP contribution in [0.4, 0.5) is 4.79 Å². The molecule has 3 rings (SSSR count). The lowest BCUT2D eigenvalue weighted by molar-refractivity contribution is -0.135. The van der Waals surface area contributed by atoms with Gasteiger partial charge in [0.25, 0.3) is 11.1 Å². The molecule has 0 atom stereocenters. The van der Waals surface area contributed by atoms with Crippen LogP contribution in [-0.2, 0) is 14.3 Å². The van der Waals surface area contributed by atoms with Crippen molar-refractivity contribution in [3.63, 3.8) is 0 Å². The fourth-order valence-corrected chi connectivity index (χ4v) is 4.01. The van der Waals surface area contributed by atoms with Crippen molar-refractivity contribution in [3.05, 3.63) is 28.7 Å². The zero-order chi connectivity index (χ0) is 20.8. The molecule has 2 fully saturated rings. The molecular weight excluding hydrogens is 396 g/mol. The van der Waals surface area contributed by atoms with Gasteiger partial charge in [-0.2, -0.15) is 0 Å². The Labute approximate surface area is 173 Å². The van der Waals surface area contributed by atoms with Crippen molar-refractivity contribution in [2.75, 3.05) is 47.1 Å². The number of carbonyl (C=O) groups is 3. The second kappa shape index (κ2) is 9.80. The van der Waals surface area contributed by atoms with Gasteiger partial charge in [0, 0.05) is 26.1 Å². The minimum Gasteiger partial charge on any atom is -0.493 e. The van der Waals surface area contributed by atoms with Crippen LogP contribution in [0, 0.1) is 0 Å². The molecule has 2 aliphatic rings. The molecule has 0 spiro atoms. The van der Waals surface area contributed by atoms with E-state index in [4.69, 9.17) is 14.2 Å². The van der Waals surface area contributed by atoms with Gasteiger partial charge in [0.1, 0.15) is 0 Å². The number of hydrogen-bond donors (Lipinski definition) is 0. The van der Waals surface area contributed by atoms with Crippen LogP contribution in [0.25, 0.3) is 6.08 Å². The summed E-state index contributed by atoms with van der Waals surface area (Å²) in [5.41, 5.74) is 0.732. The van der Waals surface area contributed by atoms with Crippen LogP contribution >= 0.6 is 11.8 Å². The van der Waals surface area contributed by atoms with Crippen LogP contribution in [0.3, 0.4) is 0 Å². The molecular formula is C20H24N2O6S. The van der Waals surface area contributed by atoms with Crippen LogP contribution in [-0.4, -0.2) is 73.9 Å². The standard InChI is InChI=1S/C20H24N2O6S/c1-26-15-6-5-14(12-16(15)27-2)13-17-19(24)22(20(25)29-17)7-3-4-18(23)21-8-10-28-11-9-21/h5-6,12-13H,3-4,7-11H2,1-2H3/b17-13+. The Morgan fingerprint density at radius 3 is 2.59 bits per heavy atom. The third-order valence-electron chi connectivity index (χ3n) is 4.72. The molecule has 29 heavy (non-hydrogen) atoms. The first kappa shape index (κ1) is 21.2. The van der Waals surface area contributed by atoms with E-state index in [1.807, 2.05) is 0 Å². The Bertz CT molecular complexity index is 819. The Balaban J connectivity index is 1.59. The molecule has 9 heteroatoms. The molecule has 2 heterocycles. The summed E-state index contributed by atoms with van der Waals surface area (Å²) in [6.45, 7) is 2.51. The summed E-state index contributed by atoms with van der Waals surface area (Å²) in [4.78, 5) is 40.4. The predicted octanol–water partition coefficient (Wildman–Crippen LogP) is 2.38. The van der Waals surface area contributed by atoms with Crippen LogP contribution in [0.5, 0.6) is 11.5 Å². The molecule has 0 radical (unpaired) electrons. The number of imide groups is 1. The minimum absolute atomic E-state index is 0.0288. The van der Waals surface area contributed by atoms with E-state index >= 15 is 0 Å². The molecule has 0 aromatic heterocycles. The Kier molecular flexibility index (Phi) is 7.16. The van der Waals surface area contributed by atoms with E-state index in [9.17, 15) is 14.4 Å². The van der Waals surface area contributed by atoms with E-state index in [1.165, 1.54) is 12.0 Å². The normalized spacial score (nSPS) is 18.5. The van der Waals surface area contributed by atoms with Crippen molar-refractivity contribution in [3.8, 4) is 11.5 Å². The van der Waals surface area contributed by atoms with E-state index in [0.717, 1.165) is 17.3 Å². The second-order valence-corrected chi connectivity index (χ2v) is 7.54. The fourth-order valence-electron chi connectivity index (χ4n) is 3.15. The third-order valence-corrected chi connectivity index (χ3v) is 5.62. The maximum Gasteiger partial charge on any atom is 0.293 e. The lowest BCUT2D eigenvalue weighted by Crippen LogP contribution is -2.41. The van der Waals surface area contributed by atoms with Gasteiger partial charge in [-0.15, -0.1) is 0 Å². The van der Waals surface area contributed by atoms with Crippen LogP contribution < -0.4 is 9.47 Å². The average molecular weight is 420 g/mol. The first-order valence-electron chi connectivity index (χ1n) is 9.36. The number of methoxy groups -OCH3 is 2. The van der Waals surface area contributed by atoms with Crippen molar-refractivity contribution < 1.29 is 28.6 Å². The quantitative estimate of drug-likeness (QED) is 0.626. The number of hydrogen-bond acceptors (Lipinski definition) is 7. The zero-order valence-electron chi connectivity index (χ0n) is 16.5. The number of amides is 3. The first-order chi connectivity index (χ1) is 14.0. The molecule has 8 nitrogen and oxygen atoms in total. The molecule has 0 unspecified atom stereocenters. The van der Waals surface area contributed by atoms with E-state index in [2.05, 4.69) is 0 Å². The van der Waals surface area contributed by atoms with Crippen LogP contribution in [0.15, 0.2) is 23.1 Å².